The first-order chi connectivity index (χ1) is 10.1. The molecule has 0 aliphatic rings. The molecule has 0 aliphatic carbocycles. The Morgan fingerprint density at radius 3 is 2.43 bits per heavy atom. The van der Waals surface area contributed by atoms with E-state index in [2.05, 4.69) is 13.8 Å². The number of unbranched alkanes of at least 4 members (excludes halogenated alkanes) is 3. The Hall–Kier alpha value is -0.930. The van der Waals surface area contributed by atoms with Gasteiger partial charge < -0.3 is 10.5 Å². The van der Waals surface area contributed by atoms with E-state index < -0.39 is 0 Å². The SMILES string of the molecule is CCCCCCC(C)OCCCC(N)c1ccc(F)cc1. The Morgan fingerprint density at radius 1 is 1.05 bits per heavy atom. The summed E-state index contributed by atoms with van der Waals surface area (Å²) >= 11 is 0. The van der Waals surface area contributed by atoms with Crippen molar-refractivity contribution in [1.29, 1.82) is 0 Å². The summed E-state index contributed by atoms with van der Waals surface area (Å²) in [6, 6.07) is 6.41. The van der Waals surface area contributed by atoms with Crippen LogP contribution < -0.4 is 5.73 Å². The third-order valence-electron chi connectivity index (χ3n) is 3.82. The normalized spacial score (nSPS) is 14.1. The van der Waals surface area contributed by atoms with E-state index in [1.54, 1.807) is 12.1 Å². The fourth-order valence-electron chi connectivity index (χ4n) is 2.41. The zero-order valence-corrected chi connectivity index (χ0v) is 13.5. The predicted octanol–water partition coefficient (Wildman–Crippen LogP) is 4.98. The van der Waals surface area contributed by atoms with Crippen LogP contribution in [-0.4, -0.2) is 12.7 Å². The van der Waals surface area contributed by atoms with Crippen LogP contribution in [0, 0.1) is 5.82 Å². The third-order valence-corrected chi connectivity index (χ3v) is 3.82. The van der Waals surface area contributed by atoms with Gasteiger partial charge in [0.1, 0.15) is 5.82 Å². The number of benzene rings is 1. The number of hydrogen-bond donors (Lipinski definition) is 1. The summed E-state index contributed by atoms with van der Waals surface area (Å²) in [7, 11) is 0. The van der Waals surface area contributed by atoms with Gasteiger partial charge in [-0.2, -0.15) is 0 Å². The van der Waals surface area contributed by atoms with Crippen LogP contribution in [0.15, 0.2) is 24.3 Å². The van der Waals surface area contributed by atoms with E-state index in [1.807, 2.05) is 0 Å². The number of nitrogens with two attached hydrogens (primary N) is 1. The Balaban J connectivity index is 2.09. The predicted molar refractivity (Wildman–Crippen MR) is 86.7 cm³/mol. The summed E-state index contributed by atoms with van der Waals surface area (Å²) in [6.07, 6.45) is 8.44. The molecule has 0 amide bonds. The van der Waals surface area contributed by atoms with Gasteiger partial charge in [-0.15, -0.1) is 0 Å². The van der Waals surface area contributed by atoms with E-state index in [9.17, 15) is 4.39 Å². The summed E-state index contributed by atoms with van der Waals surface area (Å²) in [6.45, 7) is 5.12. The Morgan fingerprint density at radius 2 is 1.76 bits per heavy atom. The summed E-state index contributed by atoms with van der Waals surface area (Å²) in [5.41, 5.74) is 7.09. The van der Waals surface area contributed by atoms with Gasteiger partial charge in [-0.3, -0.25) is 0 Å². The number of rotatable bonds is 11. The van der Waals surface area contributed by atoms with Crippen molar-refractivity contribution < 1.29 is 9.13 Å². The molecule has 0 bridgehead atoms. The van der Waals surface area contributed by atoms with Crippen LogP contribution >= 0.6 is 0 Å². The minimum absolute atomic E-state index is 0.0333. The van der Waals surface area contributed by atoms with Crippen molar-refractivity contribution >= 4 is 0 Å². The molecular weight excluding hydrogens is 265 g/mol. The Bertz CT molecular complexity index is 366. The van der Waals surface area contributed by atoms with Crippen molar-refractivity contribution in [2.24, 2.45) is 5.73 Å². The van der Waals surface area contributed by atoms with E-state index in [0.29, 0.717) is 6.10 Å². The van der Waals surface area contributed by atoms with Crippen molar-refractivity contribution in [2.75, 3.05) is 6.61 Å². The zero-order chi connectivity index (χ0) is 15.5. The first-order valence-corrected chi connectivity index (χ1v) is 8.26. The highest BCUT2D eigenvalue weighted by Gasteiger charge is 2.07. The highest BCUT2D eigenvalue weighted by atomic mass is 19.1. The van der Waals surface area contributed by atoms with E-state index in [0.717, 1.165) is 31.4 Å². The van der Waals surface area contributed by atoms with Crippen molar-refractivity contribution in [2.45, 2.75) is 70.9 Å². The smallest absolute Gasteiger partial charge is 0.123 e. The highest BCUT2D eigenvalue weighted by molar-refractivity contribution is 5.19. The molecule has 2 atom stereocenters. The minimum atomic E-state index is -0.216. The van der Waals surface area contributed by atoms with Gasteiger partial charge in [0.2, 0.25) is 0 Å². The van der Waals surface area contributed by atoms with Crippen LogP contribution in [-0.2, 0) is 4.74 Å². The van der Waals surface area contributed by atoms with Gasteiger partial charge in [0.05, 0.1) is 6.10 Å². The molecule has 1 aromatic carbocycles. The molecular formula is C18H30FNO. The molecule has 0 fully saturated rings. The van der Waals surface area contributed by atoms with Gasteiger partial charge in [-0.05, 0) is 43.9 Å². The lowest BCUT2D eigenvalue weighted by Crippen LogP contribution is -2.13. The molecule has 0 heterocycles. The maximum absolute atomic E-state index is 12.8. The molecule has 2 unspecified atom stereocenters. The van der Waals surface area contributed by atoms with E-state index in [4.69, 9.17) is 10.5 Å². The van der Waals surface area contributed by atoms with Crippen molar-refractivity contribution in [3.05, 3.63) is 35.6 Å². The summed E-state index contributed by atoms with van der Waals surface area (Å²) in [4.78, 5) is 0. The molecule has 2 nitrogen and oxygen atoms in total. The van der Waals surface area contributed by atoms with Crippen molar-refractivity contribution in [3.8, 4) is 0 Å². The molecule has 21 heavy (non-hydrogen) atoms. The maximum atomic E-state index is 12.8. The van der Waals surface area contributed by atoms with E-state index in [-0.39, 0.29) is 11.9 Å². The molecule has 0 saturated heterocycles. The number of ether oxygens (including phenoxy) is 1. The first kappa shape index (κ1) is 18.1. The van der Waals surface area contributed by atoms with Gasteiger partial charge in [0.25, 0.3) is 0 Å². The Kier molecular flexibility index (Phi) is 9.27. The molecule has 0 radical (unpaired) electrons. The van der Waals surface area contributed by atoms with Crippen LogP contribution in [0.25, 0.3) is 0 Å². The minimum Gasteiger partial charge on any atom is -0.379 e. The molecule has 0 aromatic heterocycles. The van der Waals surface area contributed by atoms with Crippen LogP contribution in [0.2, 0.25) is 0 Å². The topological polar surface area (TPSA) is 35.2 Å². The lowest BCUT2D eigenvalue weighted by atomic mass is 10.0. The molecule has 120 valence electrons. The molecule has 3 heteroatoms. The second-order valence-corrected chi connectivity index (χ2v) is 5.83. The summed E-state index contributed by atoms with van der Waals surface area (Å²) in [5.74, 6) is -0.216. The standard InChI is InChI=1S/C18H30FNO/c1-3-4-5-6-8-15(2)21-14-7-9-18(20)16-10-12-17(19)13-11-16/h10-13,15,18H,3-9,14,20H2,1-2H3. The summed E-state index contributed by atoms with van der Waals surface area (Å²) < 4.78 is 18.6. The number of hydrogen-bond acceptors (Lipinski definition) is 2. The van der Waals surface area contributed by atoms with Gasteiger partial charge in [0, 0.05) is 12.6 Å². The second kappa shape index (κ2) is 10.7. The monoisotopic (exact) mass is 295 g/mol. The fourth-order valence-corrected chi connectivity index (χ4v) is 2.41. The van der Waals surface area contributed by atoms with Gasteiger partial charge in [0.15, 0.2) is 0 Å². The largest absolute Gasteiger partial charge is 0.379 e. The van der Waals surface area contributed by atoms with Crippen molar-refractivity contribution in [1.82, 2.24) is 0 Å². The lowest BCUT2D eigenvalue weighted by molar-refractivity contribution is 0.0552. The third kappa shape index (κ3) is 8.18. The molecule has 1 aromatic rings. The van der Waals surface area contributed by atoms with Crippen LogP contribution in [0.1, 0.15) is 70.4 Å². The van der Waals surface area contributed by atoms with Gasteiger partial charge >= 0.3 is 0 Å². The van der Waals surface area contributed by atoms with Crippen LogP contribution in [0.5, 0.6) is 0 Å². The fraction of sp³-hybridized carbons (Fsp3) is 0.667. The maximum Gasteiger partial charge on any atom is 0.123 e. The van der Waals surface area contributed by atoms with Gasteiger partial charge in [-0.25, -0.2) is 4.39 Å². The molecule has 0 aliphatic heterocycles. The number of halogens is 1. The molecule has 2 N–H and O–H groups in total. The van der Waals surface area contributed by atoms with Crippen molar-refractivity contribution in [3.63, 3.8) is 0 Å². The molecule has 0 spiro atoms. The molecule has 0 saturated carbocycles. The van der Waals surface area contributed by atoms with E-state index >= 15 is 0 Å². The summed E-state index contributed by atoms with van der Waals surface area (Å²) in [5, 5.41) is 0. The van der Waals surface area contributed by atoms with E-state index in [1.165, 1.54) is 37.8 Å². The quantitative estimate of drug-likeness (QED) is 0.584. The average molecular weight is 295 g/mol. The highest BCUT2D eigenvalue weighted by Crippen LogP contribution is 2.16. The average Bonchev–Trinajstić information content (AvgIpc) is 2.48. The molecule has 1 rings (SSSR count). The van der Waals surface area contributed by atoms with Gasteiger partial charge in [-0.1, -0.05) is 44.7 Å². The zero-order valence-electron chi connectivity index (χ0n) is 13.5. The Labute approximate surface area is 128 Å². The van der Waals surface area contributed by atoms with Crippen LogP contribution in [0.4, 0.5) is 4.39 Å². The van der Waals surface area contributed by atoms with Crippen LogP contribution in [0.3, 0.4) is 0 Å². The second-order valence-electron chi connectivity index (χ2n) is 5.83. The first-order valence-electron chi connectivity index (χ1n) is 8.26. The lowest BCUT2D eigenvalue weighted by Gasteiger charge is -2.15.